The van der Waals surface area contributed by atoms with E-state index < -0.39 is 12.4 Å². The summed E-state index contributed by atoms with van der Waals surface area (Å²) in [5.41, 5.74) is 3.07. The molecule has 0 aromatic heterocycles. The lowest BCUT2D eigenvalue weighted by Gasteiger charge is -2.16. The standard InChI is InChI=1S/C29H32N2O5/c32-19-23-16-22(10-13-26(23)33)27(34)17-30-15-14-20-8-11-24(12-9-20)31-18-29(35)36-28-7-3-5-21-4-1-2-6-25(21)28/h1-13,16,27,29-35H,14-15,17-19H2. The number of benzene rings is 4. The summed E-state index contributed by atoms with van der Waals surface area (Å²) in [6.07, 6.45) is -0.935. The fraction of sp³-hybridized carbons (Fsp3) is 0.241. The molecule has 2 atom stereocenters. The molecule has 0 bridgehead atoms. The topological polar surface area (TPSA) is 114 Å². The third-order valence-corrected chi connectivity index (χ3v) is 6.03. The summed E-state index contributed by atoms with van der Waals surface area (Å²) in [4.78, 5) is 0. The predicted molar refractivity (Wildman–Crippen MR) is 141 cm³/mol. The molecule has 0 saturated heterocycles. The first kappa shape index (κ1) is 25.5. The maximum Gasteiger partial charge on any atom is 0.214 e. The second-order valence-electron chi connectivity index (χ2n) is 8.64. The summed E-state index contributed by atoms with van der Waals surface area (Å²) in [5, 5.41) is 48.1. The van der Waals surface area contributed by atoms with Crippen molar-refractivity contribution >= 4 is 16.5 Å². The lowest BCUT2D eigenvalue weighted by Crippen LogP contribution is -2.25. The molecule has 0 amide bonds. The smallest absolute Gasteiger partial charge is 0.214 e. The van der Waals surface area contributed by atoms with Gasteiger partial charge in [0, 0.05) is 23.2 Å². The first-order valence-electron chi connectivity index (χ1n) is 12.0. The highest BCUT2D eigenvalue weighted by atomic mass is 16.6. The minimum absolute atomic E-state index is 0.0196. The molecule has 7 heteroatoms. The van der Waals surface area contributed by atoms with Crippen LogP contribution in [0.4, 0.5) is 5.69 Å². The van der Waals surface area contributed by atoms with E-state index in [-0.39, 0.29) is 18.9 Å². The van der Waals surface area contributed by atoms with E-state index in [1.165, 1.54) is 6.07 Å². The predicted octanol–water partition coefficient (Wildman–Crippen LogP) is 3.71. The Bertz CT molecular complexity index is 1260. The molecule has 0 spiro atoms. The van der Waals surface area contributed by atoms with E-state index in [1.807, 2.05) is 66.7 Å². The molecule has 6 N–H and O–H groups in total. The van der Waals surface area contributed by atoms with Gasteiger partial charge in [-0.1, -0.05) is 54.6 Å². The number of aliphatic hydroxyl groups is 3. The molecule has 36 heavy (non-hydrogen) atoms. The van der Waals surface area contributed by atoms with Gasteiger partial charge in [0.2, 0.25) is 6.29 Å². The maximum atomic E-state index is 10.4. The fourth-order valence-corrected chi connectivity index (χ4v) is 4.01. The van der Waals surface area contributed by atoms with Gasteiger partial charge in [0.25, 0.3) is 0 Å². The number of anilines is 1. The highest BCUT2D eigenvalue weighted by Crippen LogP contribution is 2.26. The summed E-state index contributed by atoms with van der Waals surface area (Å²) in [7, 11) is 0. The zero-order valence-electron chi connectivity index (χ0n) is 20.0. The highest BCUT2D eigenvalue weighted by Gasteiger charge is 2.11. The fourth-order valence-electron chi connectivity index (χ4n) is 4.01. The van der Waals surface area contributed by atoms with E-state index >= 15 is 0 Å². The third-order valence-electron chi connectivity index (χ3n) is 6.03. The van der Waals surface area contributed by atoms with Gasteiger partial charge in [-0.05, 0) is 59.8 Å². The molecule has 4 rings (SSSR count). The van der Waals surface area contributed by atoms with Gasteiger partial charge in [-0.25, -0.2) is 0 Å². The van der Waals surface area contributed by atoms with Crippen LogP contribution in [0.5, 0.6) is 11.5 Å². The molecule has 0 saturated carbocycles. The molecule has 0 fully saturated rings. The van der Waals surface area contributed by atoms with Crippen LogP contribution in [0, 0.1) is 0 Å². The number of aromatic hydroxyl groups is 1. The van der Waals surface area contributed by atoms with Crippen molar-refractivity contribution in [2.75, 3.05) is 25.0 Å². The molecular formula is C29H32N2O5. The van der Waals surface area contributed by atoms with Crippen LogP contribution in [0.15, 0.2) is 84.9 Å². The van der Waals surface area contributed by atoms with E-state index in [9.17, 15) is 20.4 Å². The van der Waals surface area contributed by atoms with Crippen LogP contribution in [-0.4, -0.2) is 46.4 Å². The molecule has 0 radical (unpaired) electrons. The molecule has 0 aliphatic carbocycles. The van der Waals surface area contributed by atoms with Crippen LogP contribution in [0.25, 0.3) is 10.8 Å². The summed E-state index contributed by atoms with van der Waals surface area (Å²) in [5.74, 6) is 0.667. The molecule has 0 aliphatic rings. The van der Waals surface area contributed by atoms with Crippen LogP contribution in [-0.2, 0) is 13.0 Å². The van der Waals surface area contributed by atoms with Crippen molar-refractivity contribution in [1.82, 2.24) is 5.32 Å². The number of hydrogen-bond donors (Lipinski definition) is 6. The van der Waals surface area contributed by atoms with Gasteiger partial charge in [-0.2, -0.15) is 0 Å². The van der Waals surface area contributed by atoms with E-state index in [1.54, 1.807) is 12.1 Å². The minimum atomic E-state index is -0.992. The summed E-state index contributed by atoms with van der Waals surface area (Å²) < 4.78 is 5.75. The first-order chi connectivity index (χ1) is 17.5. The highest BCUT2D eigenvalue weighted by molar-refractivity contribution is 5.88. The zero-order chi connectivity index (χ0) is 25.3. The Labute approximate surface area is 210 Å². The van der Waals surface area contributed by atoms with Gasteiger partial charge in [-0.15, -0.1) is 0 Å². The van der Waals surface area contributed by atoms with Gasteiger partial charge in [0.05, 0.1) is 19.3 Å². The third kappa shape index (κ3) is 6.74. The molecule has 7 nitrogen and oxygen atoms in total. The summed E-state index contributed by atoms with van der Waals surface area (Å²) in [6, 6.07) is 26.4. The van der Waals surface area contributed by atoms with Crippen molar-refractivity contribution in [3.8, 4) is 11.5 Å². The number of ether oxygens (including phenoxy) is 1. The summed E-state index contributed by atoms with van der Waals surface area (Å²) >= 11 is 0. The van der Waals surface area contributed by atoms with Crippen molar-refractivity contribution in [3.63, 3.8) is 0 Å². The average Bonchev–Trinajstić information content (AvgIpc) is 2.91. The molecule has 0 aliphatic heterocycles. The Morgan fingerprint density at radius 1 is 0.833 bits per heavy atom. The van der Waals surface area contributed by atoms with E-state index in [0.717, 1.165) is 28.4 Å². The largest absolute Gasteiger partial charge is 0.508 e. The monoisotopic (exact) mass is 488 g/mol. The van der Waals surface area contributed by atoms with Crippen LogP contribution in [0.1, 0.15) is 22.8 Å². The number of fused-ring (bicyclic) bond motifs is 1. The first-order valence-corrected chi connectivity index (χ1v) is 12.0. The Morgan fingerprint density at radius 2 is 1.61 bits per heavy atom. The van der Waals surface area contributed by atoms with Gasteiger partial charge in [0.15, 0.2) is 0 Å². The SMILES string of the molecule is OCc1cc(C(O)CNCCc2ccc(NCC(O)Oc3cccc4ccccc34)cc2)ccc1O. The van der Waals surface area contributed by atoms with Gasteiger partial charge < -0.3 is 35.8 Å². The molecule has 2 unspecified atom stereocenters. The number of nitrogens with one attached hydrogen (secondary N) is 2. The molecule has 188 valence electrons. The second-order valence-corrected chi connectivity index (χ2v) is 8.64. The zero-order valence-corrected chi connectivity index (χ0v) is 20.0. The van der Waals surface area contributed by atoms with Crippen LogP contribution in [0.3, 0.4) is 0 Å². The summed E-state index contributed by atoms with van der Waals surface area (Å²) in [6.45, 7) is 1.02. The quantitative estimate of drug-likeness (QED) is 0.133. The Kier molecular flexibility index (Phi) is 8.76. The second kappa shape index (κ2) is 12.4. The lowest BCUT2D eigenvalue weighted by atomic mass is 10.1. The Morgan fingerprint density at radius 3 is 2.42 bits per heavy atom. The molecule has 0 heterocycles. The number of rotatable bonds is 12. The maximum absolute atomic E-state index is 10.4. The molecule has 4 aromatic carbocycles. The van der Waals surface area contributed by atoms with Gasteiger partial charge >= 0.3 is 0 Å². The molecular weight excluding hydrogens is 456 g/mol. The number of aliphatic hydroxyl groups excluding tert-OH is 3. The van der Waals surface area contributed by atoms with Crippen molar-refractivity contribution in [2.24, 2.45) is 0 Å². The normalized spacial score (nSPS) is 12.9. The van der Waals surface area contributed by atoms with E-state index in [0.29, 0.717) is 30.0 Å². The van der Waals surface area contributed by atoms with Crippen molar-refractivity contribution in [3.05, 3.63) is 102 Å². The van der Waals surface area contributed by atoms with E-state index in [4.69, 9.17) is 4.74 Å². The minimum Gasteiger partial charge on any atom is -0.508 e. The van der Waals surface area contributed by atoms with E-state index in [2.05, 4.69) is 10.6 Å². The van der Waals surface area contributed by atoms with Crippen molar-refractivity contribution in [2.45, 2.75) is 25.4 Å². The average molecular weight is 489 g/mol. The lowest BCUT2D eigenvalue weighted by molar-refractivity contribution is -0.00405. The molecule has 4 aromatic rings. The van der Waals surface area contributed by atoms with Gasteiger partial charge in [-0.3, -0.25) is 0 Å². The number of phenols is 1. The Balaban J connectivity index is 1.19. The van der Waals surface area contributed by atoms with Crippen LogP contribution >= 0.6 is 0 Å². The van der Waals surface area contributed by atoms with Crippen LogP contribution in [0.2, 0.25) is 0 Å². The van der Waals surface area contributed by atoms with Crippen LogP contribution < -0.4 is 15.4 Å². The van der Waals surface area contributed by atoms with Gasteiger partial charge in [0.1, 0.15) is 11.5 Å². The van der Waals surface area contributed by atoms with Crippen molar-refractivity contribution < 1.29 is 25.2 Å². The van der Waals surface area contributed by atoms with Crippen molar-refractivity contribution in [1.29, 1.82) is 0 Å². The number of hydrogen-bond acceptors (Lipinski definition) is 7. The Hall–Kier alpha value is -3.62.